The quantitative estimate of drug-likeness (QED) is 0.270. The second-order valence-electron chi connectivity index (χ2n) is 5.53. The molecule has 0 saturated heterocycles. The van der Waals surface area contributed by atoms with Gasteiger partial charge in [0, 0.05) is 0 Å². The van der Waals surface area contributed by atoms with Crippen LogP contribution in [0.15, 0.2) is 40.8 Å². The van der Waals surface area contributed by atoms with Crippen molar-refractivity contribution in [2.75, 3.05) is 5.43 Å². The van der Waals surface area contributed by atoms with Crippen LogP contribution in [0.25, 0.3) is 0 Å². The Bertz CT molecular complexity index is 1020. The third-order valence-corrected chi connectivity index (χ3v) is 3.59. The smallest absolute Gasteiger partial charge is 0.305 e. The van der Waals surface area contributed by atoms with Gasteiger partial charge in [-0.25, -0.2) is 26.3 Å². The fourth-order valence-electron chi connectivity index (χ4n) is 2.16. The van der Waals surface area contributed by atoms with Crippen molar-refractivity contribution < 1.29 is 40.3 Å². The molecular weight excluding hydrogens is 406 g/mol. The maximum atomic E-state index is 13.5. The van der Waals surface area contributed by atoms with E-state index >= 15 is 0 Å². The van der Waals surface area contributed by atoms with E-state index in [0.29, 0.717) is 5.75 Å². The standard InChI is InChI=1S/C18H10F6N2O3/c19-8-1-3-9(4-2-8)28-7-10-5-6-11(29-10)18(27)26-25-17-15(23)13(21)12(20)14(22)16(17)24/h1-6,25H,7H2,(H,26,27). The summed E-state index contributed by atoms with van der Waals surface area (Å²) in [6, 6.07) is 7.66. The molecule has 0 aliphatic carbocycles. The monoisotopic (exact) mass is 416 g/mol. The van der Waals surface area contributed by atoms with Crippen molar-refractivity contribution in [1.82, 2.24) is 5.43 Å². The van der Waals surface area contributed by atoms with E-state index in [4.69, 9.17) is 9.15 Å². The van der Waals surface area contributed by atoms with Gasteiger partial charge in [0.25, 0.3) is 0 Å². The maximum Gasteiger partial charge on any atom is 0.305 e. The number of benzene rings is 2. The molecule has 0 aliphatic heterocycles. The normalized spacial score (nSPS) is 10.7. The first-order chi connectivity index (χ1) is 13.8. The van der Waals surface area contributed by atoms with Crippen molar-refractivity contribution in [3.63, 3.8) is 0 Å². The molecule has 2 aromatic carbocycles. The van der Waals surface area contributed by atoms with Gasteiger partial charge in [-0.1, -0.05) is 0 Å². The number of carbonyl (C=O) groups is 1. The van der Waals surface area contributed by atoms with Gasteiger partial charge in [-0.2, -0.15) is 0 Å². The van der Waals surface area contributed by atoms with E-state index in [0.717, 1.165) is 0 Å². The number of hydrazine groups is 1. The number of furan rings is 1. The summed E-state index contributed by atoms with van der Waals surface area (Å²) in [5.74, 6) is -12.3. The lowest BCUT2D eigenvalue weighted by molar-refractivity contribution is 0.0930. The molecule has 1 heterocycles. The summed E-state index contributed by atoms with van der Waals surface area (Å²) in [5.41, 5.74) is 1.97. The number of amides is 1. The van der Waals surface area contributed by atoms with Crippen LogP contribution in [0, 0.1) is 34.9 Å². The lowest BCUT2D eigenvalue weighted by Gasteiger charge is -2.11. The molecule has 2 N–H and O–H groups in total. The molecule has 0 bridgehead atoms. The fraction of sp³-hybridized carbons (Fsp3) is 0.0556. The van der Waals surface area contributed by atoms with Crippen LogP contribution >= 0.6 is 0 Å². The van der Waals surface area contributed by atoms with E-state index < -0.39 is 46.5 Å². The van der Waals surface area contributed by atoms with Gasteiger partial charge in [0.05, 0.1) is 0 Å². The highest BCUT2D eigenvalue weighted by Crippen LogP contribution is 2.26. The molecule has 152 valence electrons. The Kier molecular flexibility index (Phi) is 5.66. The number of rotatable bonds is 6. The zero-order chi connectivity index (χ0) is 21.1. The van der Waals surface area contributed by atoms with E-state index in [1.165, 1.54) is 36.4 Å². The van der Waals surface area contributed by atoms with Crippen LogP contribution < -0.4 is 15.6 Å². The maximum absolute atomic E-state index is 13.5. The topological polar surface area (TPSA) is 63.5 Å². The Hall–Kier alpha value is -3.63. The Morgan fingerprint density at radius 1 is 0.828 bits per heavy atom. The molecule has 0 fully saturated rings. The molecule has 0 atom stereocenters. The Morgan fingerprint density at radius 3 is 2.03 bits per heavy atom. The summed E-state index contributed by atoms with van der Waals surface area (Å²) in [4.78, 5) is 11.9. The summed E-state index contributed by atoms with van der Waals surface area (Å²) in [6.45, 7) is -0.121. The predicted octanol–water partition coefficient (Wildman–Crippen LogP) is 4.45. The summed E-state index contributed by atoms with van der Waals surface area (Å²) < 4.78 is 89.6. The second kappa shape index (κ2) is 8.17. The third kappa shape index (κ3) is 4.28. The summed E-state index contributed by atoms with van der Waals surface area (Å²) in [5, 5.41) is 0. The van der Waals surface area contributed by atoms with Crippen LogP contribution in [0.1, 0.15) is 16.3 Å². The number of nitrogens with one attached hydrogen (secondary N) is 2. The number of ether oxygens (including phenoxy) is 1. The lowest BCUT2D eigenvalue weighted by atomic mass is 10.2. The Morgan fingerprint density at radius 2 is 1.41 bits per heavy atom. The number of carbonyl (C=O) groups excluding carboxylic acids is 1. The average Bonchev–Trinajstić information content (AvgIpc) is 3.19. The predicted molar refractivity (Wildman–Crippen MR) is 86.8 cm³/mol. The van der Waals surface area contributed by atoms with Gasteiger partial charge in [0.2, 0.25) is 5.82 Å². The second-order valence-corrected chi connectivity index (χ2v) is 5.53. The van der Waals surface area contributed by atoms with Crippen molar-refractivity contribution in [1.29, 1.82) is 0 Å². The van der Waals surface area contributed by atoms with Gasteiger partial charge in [0.15, 0.2) is 29.0 Å². The molecule has 29 heavy (non-hydrogen) atoms. The van der Waals surface area contributed by atoms with E-state index in [2.05, 4.69) is 0 Å². The van der Waals surface area contributed by atoms with Gasteiger partial charge < -0.3 is 9.15 Å². The van der Waals surface area contributed by atoms with Gasteiger partial charge in [-0.3, -0.25) is 15.6 Å². The van der Waals surface area contributed by atoms with E-state index in [1.54, 1.807) is 10.9 Å². The van der Waals surface area contributed by atoms with Crippen molar-refractivity contribution in [3.05, 3.63) is 82.8 Å². The zero-order valence-corrected chi connectivity index (χ0v) is 14.2. The minimum atomic E-state index is -2.33. The largest absolute Gasteiger partial charge is 0.486 e. The molecule has 0 saturated carbocycles. The highest BCUT2D eigenvalue weighted by atomic mass is 19.2. The van der Waals surface area contributed by atoms with E-state index in [9.17, 15) is 31.1 Å². The Labute approximate surface area is 158 Å². The Balaban J connectivity index is 1.63. The summed E-state index contributed by atoms with van der Waals surface area (Å²) in [6.07, 6.45) is 0. The first-order valence-corrected chi connectivity index (χ1v) is 7.82. The SMILES string of the molecule is O=C(NNc1c(F)c(F)c(F)c(F)c1F)c1ccc(COc2ccc(F)cc2)o1. The van der Waals surface area contributed by atoms with Crippen molar-refractivity contribution in [2.45, 2.75) is 6.61 Å². The molecule has 0 radical (unpaired) electrons. The van der Waals surface area contributed by atoms with Gasteiger partial charge in [-0.05, 0) is 36.4 Å². The molecule has 3 aromatic rings. The molecule has 5 nitrogen and oxygen atoms in total. The molecule has 1 amide bonds. The first-order valence-electron chi connectivity index (χ1n) is 7.82. The summed E-state index contributed by atoms with van der Waals surface area (Å²) in [7, 11) is 0. The van der Waals surface area contributed by atoms with Crippen molar-refractivity contribution in [3.8, 4) is 5.75 Å². The molecule has 11 heteroatoms. The first kappa shape index (κ1) is 20.1. The fourth-order valence-corrected chi connectivity index (χ4v) is 2.16. The number of hydrogen-bond donors (Lipinski definition) is 2. The molecule has 0 aliphatic rings. The number of halogens is 6. The van der Waals surface area contributed by atoms with Gasteiger partial charge in [0.1, 0.15) is 29.6 Å². The van der Waals surface area contributed by atoms with E-state index in [1.807, 2.05) is 0 Å². The van der Waals surface area contributed by atoms with Gasteiger partial charge in [-0.15, -0.1) is 0 Å². The van der Waals surface area contributed by atoms with Gasteiger partial charge >= 0.3 is 5.91 Å². The third-order valence-electron chi connectivity index (χ3n) is 3.59. The molecule has 0 spiro atoms. The lowest BCUT2D eigenvalue weighted by Crippen LogP contribution is -2.30. The van der Waals surface area contributed by atoms with Crippen LogP contribution in [0.4, 0.5) is 32.0 Å². The number of anilines is 1. The minimum Gasteiger partial charge on any atom is -0.486 e. The van der Waals surface area contributed by atoms with Crippen molar-refractivity contribution >= 4 is 11.6 Å². The minimum absolute atomic E-state index is 0.121. The molecule has 3 rings (SSSR count). The summed E-state index contributed by atoms with van der Waals surface area (Å²) >= 11 is 0. The number of hydrogen-bond acceptors (Lipinski definition) is 4. The van der Waals surface area contributed by atoms with Crippen LogP contribution in [-0.4, -0.2) is 5.91 Å². The van der Waals surface area contributed by atoms with Crippen LogP contribution in [0.2, 0.25) is 0 Å². The van der Waals surface area contributed by atoms with Crippen LogP contribution in [0.5, 0.6) is 5.75 Å². The van der Waals surface area contributed by atoms with E-state index in [-0.39, 0.29) is 18.1 Å². The molecule has 1 aromatic heterocycles. The van der Waals surface area contributed by atoms with Crippen LogP contribution in [-0.2, 0) is 6.61 Å². The molecule has 0 unspecified atom stereocenters. The average molecular weight is 416 g/mol. The molecular formula is C18H10F6N2O3. The highest BCUT2D eigenvalue weighted by Gasteiger charge is 2.26. The van der Waals surface area contributed by atoms with Crippen LogP contribution in [0.3, 0.4) is 0 Å². The zero-order valence-electron chi connectivity index (χ0n) is 14.2. The highest BCUT2D eigenvalue weighted by molar-refractivity contribution is 5.92. The van der Waals surface area contributed by atoms with Crippen molar-refractivity contribution in [2.24, 2.45) is 0 Å².